The SMILES string of the molecule is CC1(C)CCCN(c2nc(CN)co2)C1. The van der Waals surface area contributed by atoms with Crippen molar-refractivity contribution in [3.05, 3.63) is 12.0 Å². The molecular formula is C11H19N3O. The number of anilines is 1. The largest absolute Gasteiger partial charge is 0.432 e. The Morgan fingerprint density at radius 2 is 2.40 bits per heavy atom. The summed E-state index contributed by atoms with van der Waals surface area (Å²) in [5.41, 5.74) is 6.69. The highest BCUT2D eigenvalue weighted by Crippen LogP contribution is 2.30. The van der Waals surface area contributed by atoms with E-state index in [0.29, 0.717) is 12.0 Å². The Bertz CT molecular complexity index is 332. The zero-order valence-electron chi connectivity index (χ0n) is 9.49. The van der Waals surface area contributed by atoms with Crippen molar-refractivity contribution in [3.8, 4) is 0 Å². The van der Waals surface area contributed by atoms with Gasteiger partial charge in [-0.25, -0.2) is 0 Å². The molecule has 1 aliphatic rings. The van der Waals surface area contributed by atoms with Gasteiger partial charge in [0.05, 0.1) is 5.69 Å². The molecule has 0 radical (unpaired) electrons. The molecule has 1 aromatic rings. The fourth-order valence-electron chi connectivity index (χ4n) is 2.12. The molecule has 0 bridgehead atoms. The molecule has 0 aromatic carbocycles. The highest BCUT2D eigenvalue weighted by Gasteiger charge is 2.28. The predicted molar refractivity (Wildman–Crippen MR) is 59.6 cm³/mol. The van der Waals surface area contributed by atoms with Gasteiger partial charge >= 0.3 is 0 Å². The van der Waals surface area contributed by atoms with Crippen molar-refractivity contribution < 1.29 is 4.42 Å². The first kappa shape index (κ1) is 10.5. The maximum atomic E-state index is 5.50. The Labute approximate surface area is 90.5 Å². The van der Waals surface area contributed by atoms with E-state index in [-0.39, 0.29) is 0 Å². The quantitative estimate of drug-likeness (QED) is 0.806. The Balaban J connectivity index is 2.10. The summed E-state index contributed by atoms with van der Waals surface area (Å²) in [7, 11) is 0. The molecule has 15 heavy (non-hydrogen) atoms. The van der Waals surface area contributed by atoms with E-state index in [1.54, 1.807) is 6.26 Å². The van der Waals surface area contributed by atoms with Gasteiger partial charge in [-0.05, 0) is 18.3 Å². The van der Waals surface area contributed by atoms with Crippen LogP contribution in [0.3, 0.4) is 0 Å². The third-order valence-electron chi connectivity index (χ3n) is 2.92. The minimum atomic E-state index is 0.357. The zero-order chi connectivity index (χ0) is 10.9. The molecule has 1 aromatic heterocycles. The van der Waals surface area contributed by atoms with Crippen molar-refractivity contribution in [1.82, 2.24) is 4.98 Å². The first-order chi connectivity index (χ1) is 7.11. The third-order valence-corrected chi connectivity index (χ3v) is 2.92. The van der Waals surface area contributed by atoms with Crippen LogP contribution >= 0.6 is 0 Å². The molecule has 0 atom stereocenters. The van der Waals surface area contributed by atoms with Gasteiger partial charge < -0.3 is 15.1 Å². The Hall–Kier alpha value is -1.03. The lowest BCUT2D eigenvalue weighted by Gasteiger charge is -2.37. The first-order valence-corrected chi connectivity index (χ1v) is 5.50. The standard InChI is InChI=1S/C11H19N3O/c1-11(2)4-3-5-14(8-11)10-13-9(6-12)7-15-10/h7H,3-6,8,12H2,1-2H3. The second-order valence-electron chi connectivity index (χ2n) is 5.01. The van der Waals surface area contributed by atoms with E-state index in [0.717, 1.165) is 24.8 Å². The van der Waals surface area contributed by atoms with E-state index < -0.39 is 0 Å². The van der Waals surface area contributed by atoms with E-state index in [9.17, 15) is 0 Å². The van der Waals surface area contributed by atoms with Crippen LogP contribution in [-0.4, -0.2) is 18.1 Å². The van der Waals surface area contributed by atoms with Gasteiger partial charge in [-0.3, -0.25) is 0 Å². The van der Waals surface area contributed by atoms with Crippen molar-refractivity contribution in [2.45, 2.75) is 33.2 Å². The van der Waals surface area contributed by atoms with E-state index in [4.69, 9.17) is 10.2 Å². The minimum absolute atomic E-state index is 0.357. The summed E-state index contributed by atoms with van der Waals surface area (Å²) in [4.78, 5) is 6.56. The molecule has 84 valence electrons. The first-order valence-electron chi connectivity index (χ1n) is 5.50. The summed E-state index contributed by atoms with van der Waals surface area (Å²) < 4.78 is 5.42. The molecule has 2 heterocycles. The number of rotatable bonds is 2. The highest BCUT2D eigenvalue weighted by molar-refractivity contribution is 5.28. The fourth-order valence-corrected chi connectivity index (χ4v) is 2.12. The summed E-state index contributed by atoms with van der Waals surface area (Å²) in [6.07, 6.45) is 4.12. The monoisotopic (exact) mass is 209 g/mol. The van der Waals surface area contributed by atoms with E-state index in [2.05, 4.69) is 23.7 Å². The van der Waals surface area contributed by atoms with Gasteiger partial charge in [0.15, 0.2) is 0 Å². The molecule has 4 nitrogen and oxygen atoms in total. The molecule has 2 N–H and O–H groups in total. The zero-order valence-corrected chi connectivity index (χ0v) is 9.49. The summed E-state index contributed by atoms with van der Waals surface area (Å²) >= 11 is 0. The highest BCUT2D eigenvalue weighted by atomic mass is 16.4. The average molecular weight is 209 g/mol. The number of oxazole rings is 1. The smallest absolute Gasteiger partial charge is 0.297 e. The lowest BCUT2D eigenvalue weighted by molar-refractivity contribution is 0.283. The molecule has 0 spiro atoms. The molecule has 0 amide bonds. The average Bonchev–Trinajstić information content (AvgIpc) is 2.64. The summed E-state index contributed by atoms with van der Waals surface area (Å²) in [6, 6.07) is 0.725. The molecule has 1 saturated heterocycles. The molecule has 4 heteroatoms. The van der Waals surface area contributed by atoms with Crippen molar-refractivity contribution in [1.29, 1.82) is 0 Å². The van der Waals surface area contributed by atoms with Crippen LogP contribution in [0.4, 0.5) is 6.01 Å². The Kier molecular flexibility index (Phi) is 2.69. The van der Waals surface area contributed by atoms with Crippen LogP contribution in [0, 0.1) is 5.41 Å². The van der Waals surface area contributed by atoms with E-state index in [1.807, 2.05) is 0 Å². The summed E-state index contributed by atoms with van der Waals surface area (Å²) in [6.45, 7) is 7.06. The normalized spacial score (nSPS) is 20.6. The molecule has 0 aliphatic carbocycles. The Morgan fingerprint density at radius 1 is 1.60 bits per heavy atom. The lowest BCUT2D eigenvalue weighted by Crippen LogP contribution is -2.40. The second-order valence-corrected chi connectivity index (χ2v) is 5.01. The van der Waals surface area contributed by atoms with Gasteiger partial charge in [0.1, 0.15) is 6.26 Å². The molecule has 1 fully saturated rings. The van der Waals surface area contributed by atoms with E-state index >= 15 is 0 Å². The number of hydrogen-bond donors (Lipinski definition) is 1. The number of nitrogens with two attached hydrogens (primary N) is 1. The van der Waals surface area contributed by atoms with Gasteiger partial charge in [-0.15, -0.1) is 0 Å². The maximum Gasteiger partial charge on any atom is 0.297 e. The molecule has 0 unspecified atom stereocenters. The van der Waals surface area contributed by atoms with Gasteiger partial charge in [0.2, 0.25) is 0 Å². The van der Waals surface area contributed by atoms with Crippen molar-refractivity contribution in [3.63, 3.8) is 0 Å². The number of piperidine rings is 1. The number of aromatic nitrogens is 1. The van der Waals surface area contributed by atoms with Crippen LogP contribution < -0.4 is 10.6 Å². The molecule has 0 saturated carbocycles. The molecular weight excluding hydrogens is 190 g/mol. The molecule has 1 aliphatic heterocycles. The van der Waals surface area contributed by atoms with Crippen molar-refractivity contribution in [2.75, 3.05) is 18.0 Å². The van der Waals surface area contributed by atoms with Crippen LogP contribution in [0.25, 0.3) is 0 Å². The van der Waals surface area contributed by atoms with Crippen molar-refractivity contribution in [2.24, 2.45) is 11.1 Å². The van der Waals surface area contributed by atoms with Crippen LogP contribution in [-0.2, 0) is 6.54 Å². The topological polar surface area (TPSA) is 55.3 Å². The summed E-state index contributed by atoms with van der Waals surface area (Å²) in [5.74, 6) is 0. The van der Waals surface area contributed by atoms with Crippen LogP contribution in [0.15, 0.2) is 10.7 Å². The number of nitrogens with zero attached hydrogens (tertiary/aromatic N) is 2. The van der Waals surface area contributed by atoms with E-state index in [1.165, 1.54) is 12.8 Å². The lowest BCUT2D eigenvalue weighted by atomic mass is 9.84. The molecule has 2 rings (SSSR count). The van der Waals surface area contributed by atoms with Crippen LogP contribution in [0.1, 0.15) is 32.4 Å². The maximum absolute atomic E-state index is 5.50. The van der Waals surface area contributed by atoms with Crippen LogP contribution in [0.2, 0.25) is 0 Å². The van der Waals surface area contributed by atoms with Crippen LogP contribution in [0.5, 0.6) is 0 Å². The van der Waals surface area contributed by atoms with Gasteiger partial charge in [-0.2, -0.15) is 4.98 Å². The predicted octanol–water partition coefficient (Wildman–Crippen LogP) is 1.76. The van der Waals surface area contributed by atoms with Crippen molar-refractivity contribution >= 4 is 6.01 Å². The summed E-state index contributed by atoms with van der Waals surface area (Å²) in [5, 5.41) is 0. The number of hydrogen-bond acceptors (Lipinski definition) is 4. The minimum Gasteiger partial charge on any atom is -0.432 e. The second kappa shape index (κ2) is 3.85. The third kappa shape index (κ3) is 2.31. The van der Waals surface area contributed by atoms with Gasteiger partial charge in [0.25, 0.3) is 6.01 Å². The fraction of sp³-hybridized carbons (Fsp3) is 0.727. The van der Waals surface area contributed by atoms with Gasteiger partial charge in [-0.1, -0.05) is 13.8 Å². The van der Waals surface area contributed by atoms with Gasteiger partial charge in [0, 0.05) is 19.6 Å². The Morgan fingerprint density at radius 3 is 3.00 bits per heavy atom.